The largest absolute Gasteiger partial charge is 0.373 e. The van der Waals surface area contributed by atoms with E-state index in [0.29, 0.717) is 6.54 Å². The van der Waals surface area contributed by atoms with Gasteiger partial charge in [-0.3, -0.25) is 5.32 Å². The van der Waals surface area contributed by atoms with Gasteiger partial charge in [0.25, 0.3) is 0 Å². The van der Waals surface area contributed by atoms with Gasteiger partial charge in [0.2, 0.25) is 0 Å². The normalized spacial score (nSPS) is 14.3. The van der Waals surface area contributed by atoms with E-state index in [0.717, 1.165) is 6.42 Å². The van der Waals surface area contributed by atoms with Crippen LogP contribution in [-0.2, 0) is 0 Å². The third-order valence-corrected chi connectivity index (χ3v) is 0.886. The molecule has 0 aromatic rings. The fourth-order valence-electron chi connectivity index (χ4n) is 0.398. The van der Waals surface area contributed by atoms with Crippen LogP contribution < -0.4 is 5.32 Å². The van der Waals surface area contributed by atoms with Gasteiger partial charge < -0.3 is 15.3 Å². The Bertz CT molecular complexity index is 67.2. The summed E-state index contributed by atoms with van der Waals surface area (Å²) in [6.07, 6.45) is -2.05. The Morgan fingerprint density at radius 3 is 2.22 bits per heavy atom. The summed E-state index contributed by atoms with van der Waals surface area (Å²) in [5, 5.41) is 27.7. The van der Waals surface area contributed by atoms with Crippen LogP contribution >= 0.6 is 0 Å². The zero-order chi connectivity index (χ0) is 7.28. The van der Waals surface area contributed by atoms with E-state index in [1.165, 1.54) is 0 Å². The number of hydrogen-bond acceptors (Lipinski definition) is 4. The van der Waals surface area contributed by atoms with Gasteiger partial charge in [0.1, 0.15) is 0 Å². The third-order valence-electron chi connectivity index (χ3n) is 0.886. The Labute approximate surface area is 54.1 Å². The number of aliphatic hydroxyl groups is 3. The van der Waals surface area contributed by atoms with Gasteiger partial charge in [-0.1, -0.05) is 6.92 Å². The number of rotatable bonds is 4. The third kappa shape index (κ3) is 4.35. The zero-order valence-electron chi connectivity index (χ0n) is 5.41. The van der Waals surface area contributed by atoms with Crippen LogP contribution in [0.15, 0.2) is 0 Å². The minimum atomic E-state index is -1.68. The molecule has 0 aliphatic carbocycles. The molecule has 56 valence electrons. The molecule has 4 nitrogen and oxygen atoms in total. The molecule has 0 saturated heterocycles. The summed E-state index contributed by atoms with van der Waals surface area (Å²) < 4.78 is 0. The molecule has 0 aliphatic heterocycles. The monoisotopic (exact) mass is 135 g/mol. The summed E-state index contributed by atoms with van der Waals surface area (Å²) in [5.41, 5.74) is 0. The van der Waals surface area contributed by atoms with Crippen LogP contribution in [0.4, 0.5) is 0 Å². The van der Waals surface area contributed by atoms with Crippen molar-refractivity contribution >= 4 is 0 Å². The van der Waals surface area contributed by atoms with Gasteiger partial charge >= 0.3 is 0 Å². The molecular formula is C5H13NO3. The number of hydrogen-bond donors (Lipinski definition) is 4. The van der Waals surface area contributed by atoms with Gasteiger partial charge in [-0.05, 0) is 13.0 Å². The molecule has 0 radical (unpaired) electrons. The molecule has 1 atom stereocenters. The Morgan fingerprint density at radius 1 is 1.33 bits per heavy atom. The standard InChI is InChI=1S/C5H13NO3/c1-2-3-6-4(7)5(8)9/h4-9H,2-3H2,1H3. The van der Waals surface area contributed by atoms with Crippen molar-refractivity contribution in [3.05, 3.63) is 0 Å². The summed E-state index contributed by atoms with van der Waals surface area (Å²) in [6, 6.07) is 0. The summed E-state index contributed by atoms with van der Waals surface area (Å²) >= 11 is 0. The maximum absolute atomic E-state index is 8.65. The highest BCUT2D eigenvalue weighted by atomic mass is 16.5. The molecule has 0 rings (SSSR count). The maximum Gasteiger partial charge on any atom is 0.192 e. The van der Waals surface area contributed by atoms with Gasteiger partial charge in [-0.25, -0.2) is 0 Å². The van der Waals surface area contributed by atoms with E-state index < -0.39 is 12.5 Å². The first-order valence-electron chi connectivity index (χ1n) is 2.96. The van der Waals surface area contributed by atoms with Crippen LogP contribution in [0.1, 0.15) is 13.3 Å². The average Bonchev–Trinajstić information content (AvgIpc) is 1.82. The van der Waals surface area contributed by atoms with Crippen molar-refractivity contribution < 1.29 is 15.3 Å². The minimum Gasteiger partial charge on any atom is -0.373 e. The molecule has 0 aromatic heterocycles. The number of aliphatic hydroxyl groups excluding tert-OH is 2. The molecule has 0 amide bonds. The first-order valence-corrected chi connectivity index (χ1v) is 2.96. The lowest BCUT2D eigenvalue weighted by atomic mass is 10.4. The van der Waals surface area contributed by atoms with Crippen LogP contribution in [0.5, 0.6) is 0 Å². The van der Waals surface area contributed by atoms with E-state index >= 15 is 0 Å². The van der Waals surface area contributed by atoms with Crippen LogP contribution in [-0.4, -0.2) is 34.4 Å². The first kappa shape index (κ1) is 8.84. The van der Waals surface area contributed by atoms with Crippen LogP contribution in [0.25, 0.3) is 0 Å². The SMILES string of the molecule is CCCNC(O)C(O)O. The lowest BCUT2D eigenvalue weighted by Gasteiger charge is -2.12. The summed E-state index contributed by atoms with van der Waals surface area (Å²) in [6.45, 7) is 2.50. The predicted octanol–water partition coefficient (Wildman–Crippen LogP) is -1.38. The molecule has 4 N–H and O–H groups in total. The minimum absolute atomic E-state index is 0.582. The van der Waals surface area contributed by atoms with Crippen LogP contribution in [0, 0.1) is 0 Å². The fourth-order valence-corrected chi connectivity index (χ4v) is 0.398. The molecule has 9 heavy (non-hydrogen) atoms. The highest BCUT2D eigenvalue weighted by molar-refractivity contribution is 4.52. The van der Waals surface area contributed by atoms with Crippen molar-refractivity contribution in [1.82, 2.24) is 5.32 Å². The molecular weight excluding hydrogens is 122 g/mol. The van der Waals surface area contributed by atoms with E-state index in [1.54, 1.807) is 0 Å². The van der Waals surface area contributed by atoms with Crippen molar-refractivity contribution in [2.24, 2.45) is 0 Å². The molecule has 0 saturated carbocycles. The van der Waals surface area contributed by atoms with Crippen molar-refractivity contribution in [2.75, 3.05) is 6.54 Å². The van der Waals surface area contributed by atoms with E-state index in [9.17, 15) is 0 Å². The fraction of sp³-hybridized carbons (Fsp3) is 1.00. The second kappa shape index (κ2) is 4.69. The van der Waals surface area contributed by atoms with Gasteiger partial charge in [0.05, 0.1) is 0 Å². The highest BCUT2D eigenvalue weighted by Gasteiger charge is 2.09. The number of nitrogens with one attached hydrogen (secondary N) is 1. The molecule has 4 heteroatoms. The lowest BCUT2D eigenvalue weighted by Crippen LogP contribution is -2.39. The highest BCUT2D eigenvalue weighted by Crippen LogP contribution is 1.82. The molecule has 0 heterocycles. The smallest absolute Gasteiger partial charge is 0.192 e. The topological polar surface area (TPSA) is 72.7 Å². The second-order valence-electron chi connectivity index (χ2n) is 1.81. The molecule has 0 aliphatic rings. The first-order chi connectivity index (χ1) is 4.18. The van der Waals surface area contributed by atoms with Gasteiger partial charge in [0.15, 0.2) is 12.5 Å². The van der Waals surface area contributed by atoms with Gasteiger partial charge in [0, 0.05) is 0 Å². The Kier molecular flexibility index (Phi) is 4.61. The molecule has 0 aromatic carbocycles. The quantitative estimate of drug-likeness (QED) is 0.358. The van der Waals surface area contributed by atoms with Gasteiger partial charge in [-0.15, -0.1) is 0 Å². The average molecular weight is 135 g/mol. The van der Waals surface area contributed by atoms with Crippen molar-refractivity contribution in [3.8, 4) is 0 Å². The Hall–Kier alpha value is -0.160. The Morgan fingerprint density at radius 2 is 1.89 bits per heavy atom. The van der Waals surface area contributed by atoms with Gasteiger partial charge in [-0.2, -0.15) is 0 Å². The van der Waals surface area contributed by atoms with E-state index in [4.69, 9.17) is 15.3 Å². The Balaban J connectivity index is 3.16. The predicted molar refractivity (Wildman–Crippen MR) is 32.5 cm³/mol. The van der Waals surface area contributed by atoms with Crippen LogP contribution in [0.3, 0.4) is 0 Å². The molecule has 0 spiro atoms. The van der Waals surface area contributed by atoms with Crippen molar-refractivity contribution in [3.63, 3.8) is 0 Å². The molecule has 1 unspecified atom stereocenters. The van der Waals surface area contributed by atoms with E-state index in [-0.39, 0.29) is 0 Å². The summed E-state index contributed by atoms with van der Waals surface area (Å²) in [5.74, 6) is 0. The second-order valence-corrected chi connectivity index (χ2v) is 1.81. The molecule has 0 bridgehead atoms. The van der Waals surface area contributed by atoms with Crippen molar-refractivity contribution in [2.45, 2.75) is 25.9 Å². The van der Waals surface area contributed by atoms with Crippen molar-refractivity contribution in [1.29, 1.82) is 0 Å². The molecule has 0 fully saturated rings. The van der Waals surface area contributed by atoms with Crippen LogP contribution in [0.2, 0.25) is 0 Å². The van der Waals surface area contributed by atoms with E-state index in [1.807, 2.05) is 6.92 Å². The van der Waals surface area contributed by atoms with E-state index in [2.05, 4.69) is 5.32 Å². The summed E-state index contributed by atoms with van der Waals surface area (Å²) in [4.78, 5) is 0. The zero-order valence-corrected chi connectivity index (χ0v) is 5.41. The lowest BCUT2D eigenvalue weighted by molar-refractivity contribution is -0.132. The maximum atomic E-state index is 8.65. The summed E-state index contributed by atoms with van der Waals surface area (Å²) in [7, 11) is 0.